The summed E-state index contributed by atoms with van der Waals surface area (Å²) < 4.78 is 5.23. The second-order valence-corrected chi connectivity index (χ2v) is 6.16. The van der Waals surface area contributed by atoms with Gasteiger partial charge in [0.1, 0.15) is 6.54 Å². The van der Waals surface area contributed by atoms with Crippen molar-refractivity contribution in [2.75, 3.05) is 26.3 Å². The maximum Gasteiger partial charge on any atom is 0.305 e. The first-order chi connectivity index (χ1) is 11.9. The number of carboxylic acids is 1. The van der Waals surface area contributed by atoms with Crippen molar-refractivity contribution in [1.29, 1.82) is 0 Å². The van der Waals surface area contributed by atoms with E-state index in [4.69, 9.17) is 9.84 Å². The van der Waals surface area contributed by atoms with Crippen molar-refractivity contribution < 1.29 is 29.0 Å². The fourth-order valence-electron chi connectivity index (χ4n) is 3.13. The fraction of sp³-hybridized carbons (Fsp3) is 0.412. The standard InChI is InChI=1S/C17H18N2O6/c1-10-2-3-12-13(6-10)17(24)19(16(12)23)8-14(20)18-4-5-25-9-11(18)7-15(21)22/h2-3,6,11H,4-5,7-9H2,1H3,(H,21,22). The highest BCUT2D eigenvalue weighted by molar-refractivity contribution is 6.22. The van der Waals surface area contributed by atoms with E-state index in [2.05, 4.69) is 0 Å². The molecule has 132 valence electrons. The Morgan fingerprint density at radius 3 is 2.68 bits per heavy atom. The lowest BCUT2D eigenvalue weighted by Gasteiger charge is -2.35. The number of carboxylic acid groups (broad SMARTS) is 1. The first-order valence-electron chi connectivity index (χ1n) is 7.94. The molecule has 2 heterocycles. The summed E-state index contributed by atoms with van der Waals surface area (Å²) in [6, 6.07) is 4.34. The second-order valence-electron chi connectivity index (χ2n) is 6.16. The molecule has 0 spiro atoms. The predicted octanol–water partition coefficient (Wildman–Crippen LogP) is 0.293. The number of carbonyl (C=O) groups is 4. The van der Waals surface area contributed by atoms with Gasteiger partial charge in [-0.05, 0) is 19.1 Å². The molecule has 25 heavy (non-hydrogen) atoms. The molecule has 8 nitrogen and oxygen atoms in total. The van der Waals surface area contributed by atoms with E-state index in [9.17, 15) is 19.2 Å². The molecular formula is C17H18N2O6. The molecule has 0 radical (unpaired) electrons. The van der Waals surface area contributed by atoms with Crippen LogP contribution in [0, 0.1) is 6.92 Å². The monoisotopic (exact) mass is 346 g/mol. The minimum absolute atomic E-state index is 0.124. The molecule has 1 atom stereocenters. The number of aliphatic carboxylic acids is 1. The molecule has 0 bridgehead atoms. The number of carbonyl (C=O) groups excluding carboxylic acids is 3. The lowest BCUT2D eigenvalue weighted by Crippen LogP contribution is -2.53. The van der Waals surface area contributed by atoms with Crippen LogP contribution in [0.3, 0.4) is 0 Å². The van der Waals surface area contributed by atoms with Gasteiger partial charge < -0.3 is 14.7 Å². The molecule has 3 amide bonds. The molecule has 0 aliphatic carbocycles. The zero-order valence-electron chi connectivity index (χ0n) is 13.7. The van der Waals surface area contributed by atoms with E-state index in [0.717, 1.165) is 10.5 Å². The summed E-state index contributed by atoms with van der Waals surface area (Å²) in [7, 11) is 0. The lowest BCUT2D eigenvalue weighted by molar-refractivity contribution is -0.146. The highest BCUT2D eigenvalue weighted by Crippen LogP contribution is 2.24. The average molecular weight is 346 g/mol. The Labute approximate surface area is 144 Å². The molecule has 0 saturated carbocycles. The van der Waals surface area contributed by atoms with E-state index in [1.165, 1.54) is 4.90 Å². The van der Waals surface area contributed by atoms with Gasteiger partial charge in [0.05, 0.1) is 36.8 Å². The van der Waals surface area contributed by atoms with E-state index >= 15 is 0 Å². The van der Waals surface area contributed by atoms with Crippen molar-refractivity contribution in [2.45, 2.75) is 19.4 Å². The van der Waals surface area contributed by atoms with Crippen LogP contribution in [0.4, 0.5) is 0 Å². The molecule has 1 aromatic carbocycles. The zero-order valence-corrected chi connectivity index (χ0v) is 13.7. The molecule has 2 aliphatic heterocycles. The number of amides is 3. The minimum atomic E-state index is -1.04. The van der Waals surface area contributed by atoms with E-state index in [1.54, 1.807) is 18.2 Å². The fourth-order valence-corrected chi connectivity index (χ4v) is 3.13. The third-order valence-corrected chi connectivity index (χ3v) is 4.38. The minimum Gasteiger partial charge on any atom is -0.481 e. The Bertz CT molecular complexity index is 760. The Kier molecular flexibility index (Phi) is 4.54. The number of ether oxygens (including phenoxy) is 1. The van der Waals surface area contributed by atoms with Crippen molar-refractivity contribution in [3.05, 3.63) is 34.9 Å². The van der Waals surface area contributed by atoms with Crippen LogP contribution in [0.2, 0.25) is 0 Å². The van der Waals surface area contributed by atoms with Crippen LogP contribution in [-0.2, 0) is 14.3 Å². The van der Waals surface area contributed by atoms with Crippen molar-refractivity contribution in [3.63, 3.8) is 0 Å². The normalized spacial score (nSPS) is 20.0. The number of imide groups is 1. The Morgan fingerprint density at radius 2 is 1.96 bits per heavy atom. The largest absolute Gasteiger partial charge is 0.481 e. The van der Waals surface area contributed by atoms with Gasteiger partial charge in [-0.2, -0.15) is 0 Å². The predicted molar refractivity (Wildman–Crippen MR) is 85.1 cm³/mol. The van der Waals surface area contributed by atoms with Crippen molar-refractivity contribution in [1.82, 2.24) is 9.80 Å². The van der Waals surface area contributed by atoms with Gasteiger partial charge in [-0.1, -0.05) is 11.6 Å². The van der Waals surface area contributed by atoms with Gasteiger partial charge in [0.25, 0.3) is 11.8 Å². The number of aryl methyl sites for hydroxylation is 1. The van der Waals surface area contributed by atoms with Gasteiger partial charge in [0, 0.05) is 6.54 Å². The highest BCUT2D eigenvalue weighted by atomic mass is 16.5. The van der Waals surface area contributed by atoms with Crippen molar-refractivity contribution in [3.8, 4) is 0 Å². The quantitative estimate of drug-likeness (QED) is 0.786. The van der Waals surface area contributed by atoms with Crippen molar-refractivity contribution in [2.24, 2.45) is 0 Å². The third-order valence-electron chi connectivity index (χ3n) is 4.38. The molecule has 1 saturated heterocycles. The summed E-state index contributed by atoms with van der Waals surface area (Å²) in [6.07, 6.45) is -0.243. The molecule has 1 fully saturated rings. The summed E-state index contributed by atoms with van der Waals surface area (Å²) in [6.45, 7) is 2.07. The van der Waals surface area contributed by atoms with Crippen LogP contribution in [0.15, 0.2) is 18.2 Å². The summed E-state index contributed by atoms with van der Waals surface area (Å²) >= 11 is 0. The molecular weight excluding hydrogens is 328 g/mol. The summed E-state index contributed by atoms with van der Waals surface area (Å²) in [5, 5.41) is 8.97. The van der Waals surface area contributed by atoms with Crippen LogP contribution in [-0.4, -0.2) is 70.9 Å². The summed E-state index contributed by atoms with van der Waals surface area (Å²) in [5.74, 6) is -2.50. The van der Waals surface area contributed by atoms with E-state index in [0.29, 0.717) is 12.2 Å². The number of nitrogens with zero attached hydrogens (tertiary/aromatic N) is 2. The first-order valence-corrected chi connectivity index (χ1v) is 7.94. The number of hydrogen-bond acceptors (Lipinski definition) is 5. The molecule has 1 aromatic rings. The molecule has 2 aliphatic rings. The maximum atomic E-state index is 12.6. The average Bonchev–Trinajstić information content (AvgIpc) is 2.79. The number of fused-ring (bicyclic) bond motifs is 1. The molecule has 1 N–H and O–H groups in total. The smallest absolute Gasteiger partial charge is 0.305 e. The van der Waals surface area contributed by atoms with Gasteiger partial charge in [0.15, 0.2) is 0 Å². The Hall–Kier alpha value is -2.74. The van der Waals surface area contributed by atoms with Gasteiger partial charge >= 0.3 is 5.97 Å². The molecule has 8 heteroatoms. The summed E-state index contributed by atoms with van der Waals surface area (Å²) in [4.78, 5) is 50.7. The SMILES string of the molecule is Cc1ccc2c(c1)C(=O)N(CC(=O)N1CCOCC1CC(=O)O)C2=O. The highest BCUT2D eigenvalue weighted by Gasteiger charge is 2.38. The third kappa shape index (κ3) is 3.25. The maximum absolute atomic E-state index is 12.6. The van der Waals surface area contributed by atoms with E-state index in [-0.39, 0.29) is 25.1 Å². The number of benzene rings is 1. The lowest BCUT2D eigenvalue weighted by atomic mass is 10.1. The van der Waals surface area contributed by atoms with Gasteiger partial charge in [0.2, 0.25) is 5.91 Å². The van der Waals surface area contributed by atoms with Crippen LogP contribution < -0.4 is 0 Å². The second kappa shape index (κ2) is 6.64. The van der Waals surface area contributed by atoms with E-state index in [1.807, 2.05) is 6.92 Å². The number of hydrogen-bond donors (Lipinski definition) is 1. The van der Waals surface area contributed by atoms with Crippen LogP contribution >= 0.6 is 0 Å². The van der Waals surface area contributed by atoms with Gasteiger partial charge in [-0.15, -0.1) is 0 Å². The zero-order chi connectivity index (χ0) is 18.1. The summed E-state index contributed by atoms with van der Waals surface area (Å²) in [5.41, 5.74) is 1.43. The van der Waals surface area contributed by atoms with E-state index < -0.39 is 36.3 Å². The number of morpholine rings is 1. The van der Waals surface area contributed by atoms with Crippen LogP contribution in [0.1, 0.15) is 32.7 Å². The van der Waals surface area contributed by atoms with Gasteiger partial charge in [-0.25, -0.2) is 0 Å². The molecule has 1 unspecified atom stereocenters. The van der Waals surface area contributed by atoms with Crippen LogP contribution in [0.25, 0.3) is 0 Å². The van der Waals surface area contributed by atoms with Crippen LogP contribution in [0.5, 0.6) is 0 Å². The topological polar surface area (TPSA) is 104 Å². The number of rotatable bonds is 4. The Morgan fingerprint density at radius 1 is 1.24 bits per heavy atom. The molecule has 3 rings (SSSR count). The van der Waals surface area contributed by atoms with Crippen molar-refractivity contribution >= 4 is 23.7 Å². The van der Waals surface area contributed by atoms with Gasteiger partial charge in [-0.3, -0.25) is 24.1 Å². The molecule has 0 aromatic heterocycles. The first kappa shape index (κ1) is 17.1. The Balaban J connectivity index is 1.75.